The second-order valence-corrected chi connectivity index (χ2v) is 5.49. The quantitative estimate of drug-likeness (QED) is 0.931. The smallest absolute Gasteiger partial charge is 0.112 e. The molecule has 1 atom stereocenters. The van der Waals surface area contributed by atoms with E-state index in [1.165, 1.54) is 18.4 Å². The van der Waals surface area contributed by atoms with Gasteiger partial charge in [0.1, 0.15) is 5.82 Å². The fraction of sp³-hybridized carbons (Fsp3) is 0.562. The van der Waals surface area contributed by atoms with Gasteiger partial charge in [-0.3, -0.25) is 0 Å². The molecular weight excluding hydrogens is 250 g/mol. The van der Waals surface area contributed by atoms with E-state index >= 15 is 0 Å². The van der Waals surface area contributed by atoms with Crippen molar-refractivity contribution in [2.75, 3.05) is 6.61 Å². The number of rotatable bonds is 4. The van der Waals surface area contributed by atoms with E-state index in [0.717, 1.165) is 42.9 Å². The molecule has 0 aliphatic carbocycles. The third kappa shape index (κ3) is 2.58. The Balaban J connectivity index is 1.92. The predicted octanol–water partition coefficient (Wildman–Crippen LogP) is 2.63. The molecule has 4 nitrogen and oxygen atoms in total. The number of nitrogens with zero attached hydrogens (tertiary/aromatic N) is 2. The summed E-state index contributed by atoms with van der Waals surface area (Å²) in [7, 11) is 0. The first-order chi connectivity index (χ1) is 9.81. The summed E-state index contributed by atoms with van der Waals surface area (Å²) in [5.74, 6) is 1.14. The van der Waals surface area contributed by atoms with E-state index in [1.807, 2.05) is 0 Å². The fourth-order valence-corrected chi connectivity index (χ4v) is 3.03. The molecule has 4 heteroatoms. The zero-order chi connectivity index (χ0) is 13.9. The van der Waals surface area contributed by atoms with Crippen LogP contribution in [0.1, 0.15) is 37.6 Å². The van der Waals surface area contributed by atoms with Gasteiger partial charge in [0.2, 0.25) is 0 Å². The SMILES string of the molecule is CCn1c(CC2CCCCO2)nc2cc(CN)ccc21. The maximum atomic E-state index is 5.85. The van der Waals surface area contributed by atoms with Crippen molar-refractivity contribution in [3.63, 3.8) is 0 Å². The zero-order valence-electron chi connectivity index (χ0n) is 12.1. The van der Waals surface area contributed by atoms with E-state index in [4.69, 9.17) is 15.5 Å². The molecule has 0 bridgehead atoms. The molecule has 1 fully saturated rings. The Kier molecular flexibility index (Phi) is 4.03. The van der Waals surface area contributed by atoms with E-state index in [9.17, 15) is 0 Å². The van der Waals surface area contributed by atoms with Crippen LogP contribution < -0.4 is 5.73 Å². The molecule has 1 aliphatic heterocycles. The average Bonchev–Trinajstić information content (AvgIpc) is 2.84. The van der Waals surface area contributed by atoms with Gasteiger partial charge in [0.25, 0.3) is 0 Å². The molecule has 20 heavy (non-hydrogen) atoms. The van der Waals surface area contributed by atoms with Crippen molar-refractivity contribution in [1.29, 1.82) is 0 Å². The summed E-state index contributed by atoms with van der Waals surface area (Å²) in [6, 6.07) is 6.34. The van der Waals surface area contributed by atoms with Gasteiger partial charge in [-0.05, 0) is 43.9 Å². The highest BCUT2D eigenvalue weighted by Gasteiger charge is 2.18. The number of imidazole rings is 1. The Labute approximate surface area is 119 Å². The van der Waals surface area contributed by atoms with Crippen LogP contribution in [0.2, 0.25) is 0 Å². The van der Waals surface area contributed by atoms with Crippen LogP contribution in [0.15, 0.2) is 18.2 Å². The Morgan fingerprint density at radius 2 is 2.30 bits per heavy atom. The lowest BCUT2D eigenvalue weighted by Crippen LogP contribution is -2.23. The summed E-state index contributed by atoms with van der Waals surface area (Å²) >= 11 is 0. The monoisotopic (exact) mass is 273 g/mol. The molecule has 2 heterocycles. The second-order valence-electron chi connectivity index (χ2n) is 5.49. The largest absolute Gasteiger partial charge is 0.378 e. The average molecular weight is 273 g/mol. The normalized spacial score (nSPS) is 19.6. The lowest BCUT2D eigenvalue weighted by Gasteiger charge is -2.22. The third-order valence-electron chi connectivity index (χ3n) is 4.13. The molecule has 0 spiro atoms. The van der Waals surface area contributed by atoms with Gasteiger partial charge in [0.05, 0.1) is 17.1 Å². The molecule has 0 saturated carbocycles. The molecule has 1 aromatic heterocycles. The number of benzene rings is 1. The van der Waals surface area contributed by atoms with Gasteiger partial charge in [0, 0.05) is 26.1 Å². The number of ether oxygens (including phenoxy) is 1. The highest BCUT2D eigenvalue weighted by molar-refractivity contribution is 5.77. The minimum Gasteiger partial charge on any atom is -0.378 e. The lowest BCUT2D eigenvalue weighted by molar-refractivity contribution is 0.0152. The fourth-order valence-electron chi connectivity index (χ4n) is 3.03. The van der Waals surface area contributed by atoms with Crippen LogP contribution in [0, 0.1) is 0 Å². The molecule has 2 aromatic rings. The van der Waals surface area contributed by atoms with E-state index in [0.29, 0.717) is 12.6 Å². The van der Waals surface area contributed by atoms with Crippen molar-refractivity contribution < 1.29 is 4.74 Å². The Hall–Kier alpha value is -1.39. The van der Waals surface area contributed by atoms with Crippen molar-refractivity contribution in [2.24, 2.45) is 5.73 Å². The summed E-state index contributed by atoms with van der Waals surface area (Å²) < 4.78 is 8.15. The van der Waals surface area contributed by atoms with Crippen LogP contribution in [0.25, 0.3) is 11.0 Å². The Morgan fingerprint density at radius 1 is 1.40 bits per heavy atom. The van der Waals surface area contributed by atoms with Crippen molar-refractivity contribution >= 4 is 11.0 Å². The van der Waals surface area contributed by atoms with Crippen molar-refractivity contribution in [1.82, 2.24) is 9.55 Å². The molecule has 2 N–H and O–H groups in total. The van der Waals surface area contributed by atoms with Gasteiger partial charge in [0.15, 0.2) is 0 Å². The number of hydrogen-bond acceptors (Lipinski definition) is 3. The third-order valence-corrected chi connectivity index (χ3v) is 4.13. The summed E-state index contributed by atoms with van der Waals surface area (Å²) in [6.07, 6.45) is 4.87. The first-order valence-electron chi connectivity index (χ1n) is 7.61. The van der Waals surface area contributed by atoms with Crippen LogP contribution in [0.4, 0.5) is 0 Å². The number of aryl methyl sites for hydroxylation is 1. The number of hydrogen-bond donors (Lipinski definition) is 1. The molecule has 1 saturated heterocycles. The van der Waals surface area contributed by atoms with Gasteiger partial charge in [-0.25, -0.2) is 4.98 Å². The van der Waals surface area contributed by atoms with Crippen LogP contribution in [-0.4, -0.2) is 22.3 Å². The summed E-state index contributed by atoms with van der Waals surface area (Å²) in [4.78, 5) is 4.81. The minimum atomic E-state index is 0.333. The van der Waals surface area contributed by atoms with Gasteiger partial charge >= 0.3 is 0 Å². The van der Waals surface area contributed by atoms with Crippen LogP contribution >= 0.6 is 0 Å². The van der Waals surface area contributed by atoms with E-state index < -0.39 is 0 Å². The van der Waals surface area contributed by atoms with Gasteiger partial charge in [-0.2, -0.15) is 0 Å². The predicted molar refractivity (Wildman–Crippen MR) is 80.6 cm³/mol. The van der Waals surface area contributed by atoms with Crippen molar-refractivity contribution in [2.45, 2.75) is 51.8 Å². The number of aromatic nitrogens is 2. The van der Waals surface area contributed by atoms with Crippen molar-refractivity contribution in [3.8, 4) is 0 Å². The van der Waals surface area contributed by atoms with Crippen LogP contribution in [0.5, 0.6) is 0 Å². The van der Waals surface area contributed by atoms with Crippen LogP contribution in [-0.2, 0) is 24.2 Å². The maximum Gasteiger partial charge on any atom is 0.112 e. The molecule has 108 valence electrons. The minimum absolute atomic E-state index is 0.333. The van der Waals surface area contributed by atoms with Crippen molar-refractivity contribution in [3.05, 3.63) is 29.6 Å². The number of nitrogens with two attached hydrogens (primary N) is 1. The first kappa shape index (κ1) is 13.6. The highest BCUT2D eigenvalue weighted by Crippen LogP contribution is 2.22. The lowest BCUT2D eigenvalue weighted by atomic mass is 10.1. The molecule has 3 rings (SSSR count). The van der Waals surface area contributed by atoms with E-state index in [2.05, 4.69) is 29.7 Å². The molecule has 1 aliphatic rings. The van der Waals surface area contributed by atoms with E-state index in [-0.39, 0.29) is 0 Å². The topological polar surface area (TPSA) is 53.1 Å². The van der Waals surface area contributed by atoms with Crippen LogP contribution in [0.3, 0.4) is 0 Å². The second kappa shape index (κ2) is 5.94. The molecule has 1 unspecified atom stereocenters. The van der Waals surface area contributed by atoms with Gasteiger partial charge in [-0.15, -0.1) is 0 Å². The Morgan fingerprint density at radius 3 is 3.00 bits per heavy atom. The molecule has 0 amide bonds. The highest BCUT2D eigenvalue weighted by atomic mass is 16.5. The van der Waals surface area contributed by atoms with Gasteiger partial charge < -0.3 is 15.0 Å². The van der Waals surface area contributed by atoms with Gasteiger partial charge in [-0.1, -0.05) is 6.07 Å². The summed E-state index contributed by atoms with van der Waals surface area (Å²) in [5, 5.41) is 0. The standard InChI is InChI=1S/C16H23N3O/c1-2-19-15-7-6-12(11-17)9-14(15)18-16(19)10-13-5-3-4-8-20-13/h6-7,9,13H,2-5,8,10-11,17H2,1H3. The zero-order valence-corrected chi connectivity index (χ0v) is 12.1. The summed E-state index contributed by atoms with van der Waals surface area (Å²) in [6.45, 7) is 4.58. The molecule has 0 radical (unpaired) electrons. The Bertz CT molecular complexity index is 585. The summed E-state index contributed by atoms with van der Waals surface area (Å²) in [5.41, 5.74) is 9.11. The van der Waals surface area contributed by atoms with E-state index in [1.54, 1.807) is 0 Å². The maximum absolute atomic E-state index is 5.85. The first-order valence-corrected chi connectivity index (χ1v) is 7.61. The number of fused-ring (bicyclic) bond motifs is 1. The molecule has 1 aromatic carbocycles. The molecular formula is C16H23N3O.